The highest BCUT2D eigenvalue weighted by Crippen LogP contribution is 2.31. The number of H-pyrrole nitrogens is 1. The van der Waals surface area contributed by atoms with Gasteiger partial charge in [0.25, 0.3) is 5.91 Å². The molecule has 1 amide bonds. The van der Waals surface area contributed by atoms with Gasteiger partial charge in [-0.05, 0) is 35.7 Å². The van der Waals surface area contributed by atoms with Crippen LogP contribution < -0.4 is 5.32 Å². The highest BCUT2D eigenvalue weighted by molar-refractivity contribution is 6.18. The second-order valence-corrected chi connectivity index (χ2v) is 5.14. The molecule has 19 heavy (non-hydrogen) atoms. The third-order valence-electron chi connectivity index (χ3n) is 3.65. The minimum Gasteiger partial charge on any atom is -0.358 e. The summed E-state index contributed by atoms with van der Waals surface area (Å²) in [4.78, 5) is 24.3. The topological polar surface area (TPSA) is 88.0 Å². The van der Waals surface area contributed by atoms with Crippen molar-refractivity contribution in [3.8, 4) is 0 Å². The molecule has 2 unspecified atom stereocenters. The molecule has 0 aromatic carbocycles. The highest BCUT2D eigenvalue weighted by Gasteiger charge is 2.27. The zero-order valence-electron chi connectivity index (χ0n) is 10.4. The summed E-state index contributed by atoms with van der Waals surface area (Å²) in [5, 5.41) is 13.3. The van der Waals surface area contributed by atoms with Crippen LogP contribution in [-0.4, -0.2) is 28.2 Å². The maximum Gasteiger partial charge on any atom is 0.321 e. The fourth-order valence-electron chi connectivity index (χ4n) is 2.53. The van der Waals surface area contributed by atoms with E-state index in [0.717, 1.165) is 19.3 Å². The number of rotatable bonds is 5. The highest BCUT2D eigenvalue weighted by atomic mass is 35.5. The molecule has 104 valence electrons. The van der Waals surface area contributed by atoms with Crippen LogP contribution in [0, 0.1) is 22.0 Å². The zero-order chi connectivity index (χ0) is 13.8. The van der Waals surface area contributed by atoms with Gasteiger partial charge in [-0.1, -0.05) is 6.42 Å². The molecule has 1 aliphatic rings. The maximum absolute atomic E-state index is 11.8. The minimum absolute atomic E-state index is 0.176. The van der Waals surface area contributed by atoms with Gasteiger partial charge in [0.15, 0.2) is 5.69 Å². The van der Waals surface area contributed by atoms with Crippen LogP contribution in [0.4, 0.5) is 5.82 Å². The van der Waals surface area contributed by atoms with Crippen molar-refractivity contribution in [3.05, 3.63) is 27.9 Å². The van der Waals surface area contributed by atoms with Crippen molar-refractivity contribution in [2.45, 2.75) is 19.3 Å². The number of carbonyl (C=O) groups is 1. The number of nitrogens with one attached hydrogen (secondary N) is 2. The lowest BCUT2D eigenvalue weighted by atomic mass is 9.98. The molecule has 0 bridgehead atoms. The number of aromatic amines is 1. The van der Waals surface area contributed by atoms with Crippen LogP contribution in [0.3, 0.4) is 0 Å². The van der Waals surface area contributed by atoms with Gasteiger partial charge < -0.3 is 15.4 Å². The van der Waals surface area contributed by atoms with Crippen molar-refractivity contribution in [3.63, 3.8) is 0 Å². The van der Waals surface area contributed by atoms with Crippen LogP contribution in [-0.2, 0) is 0 Å². The van der Waals surface area contributed by atoms with Crippen molar-refractivity contribution in [2.75, 3.05) is 12.4 Å². The molecule has 1 saturated carbocycles. The number of hydrogen-bond donors (Lipinski definition) is 2. The van der Waals surface area contributed by atoms with Gasteiger partial charge in [-0.3, -0.25) is 4.79 Å². The summed E-state index contributed by atoms with van der Waals surface area (Å²) in [6.07, 6.45) is 3.33. The van der Waals surface area contributed by atoms with E-state index in [9.17, 15) is 14.9 Å². The Balaban J connectivity index is 1.88. The number of nitrogens with zero attached hydrogens (tertiary/aromatic N) is 1. The third-order valence-corrected chi connectivity index (χ3v) is 4.05. The van der Waals surface area contributed by atoms with Gasteiger partial charge in [-0.25, -0.2) is 4.98 Å². The number of carbonyl (C=O) groups excluding carboxylic acids is 1. The molecule has 1 aliphatic carbocycles. The summed E-state index contributed by atoms with van der Waals surface area (Å²) >= 11 is 5.88. The molecule has 2 rings (SSSR count). The number of nitro groups is 1. The van der Waals surface area contributed by atoms with Gasteiger partial charge in [0.1, 0.15) is 0 Å². The van der Waals surface area contributed by atoms with Gasteiger partial charge in [-0.2, -0.15) is 0 Å². The molecule has 6 nitrogen and oxygen atoms in total. The molecule has 1 fully saturated rings. The molecular formula is C12H16ClN3O3. The average molecular weight is 286 g/mol. The standard InChI is InChI=1S/C12H16ClN3O3/c13-6-8-2-1-3-9(8)7-14-12(17)10-4-5-11(15-10)16(18)19/h4-5,8-9,15H,1-3,6-7H2,(H,14,17). The van der Waals surface area contributed by atoms with Crippen LogP contribution in [0.1, 0.15) is 29.8 Å². The van der Waals surface area contributed by atoms with E-state index in [0.29, 0.717) is 24.3 Å². The molecule has 1 aromatic rings. The number of amides is 1. The minimum atomic E-state index is -0.558. The lowest BCUT2D eigenvalue weighted by Gasteiger charge is -2.16. The van der Waals surface area contributed by atoms with E-state index in [-0.39, 0.29) is 17.4 Å². The van der Waals surface area contributed by atoms with Crippen LogP contribution in [0.15, 0.2) is 12.1 Å². The maximum atomic E-state index is 11.8. The first-order valence-electron chi connectivity index (χ1n) is 6.29. The molecule has 2 N–H and O–H groups in total. The number of hydrogen-bond acceptors (Lipinski definition) is 3. The monoisotopic (exact) mass is 285 g/mol. The Morgan fingerprint density at radius 3 is 2.84 bits per heavy atom. The number of halogens is 1. The average Bonchev–Trinajstić information content (AvgIpc) is 3.04. The van der Waals surface area contributed by atoms with E-state index in [1.165, 1.54) is 12.1 Å². The van der Waals surface area contributed by atoms with E-state index in [1.807, 2.05) is 0 Å². The molecule has 2 atom stereocenters. The Morgan fingerprint density at radius 1 is 1.47 bits per heavy atom. The lowest BCUT2D eigenvalue weighted by molar-refractivity contribution is -0.389. The molecule has 0 spiro atoms. The van der Waals surface area contributed by atoms with E-state index in [1.54, 1.807) is 0 Å². The zero-order valence-corrected chi connectivity index (χ0v) is 11.2. The smallest absolute Gasteiger partial charge is 0.321 e. The van der Waals surface area contributed by atoms with Gasteiger partial charge in [0.2, 0.25) is 0 Å². The fraction of sp³-hybridized carbons (Fsp3) is 0.583. The summed E-state index contributed by atoms with van der Waals surface area (Å²) in [5.74, 6) is 0.999. The molecule has 7 heteroatoms. The SMILES string of the molecule is O=C(NCC1CCCC1CCl)c1ccc([N+](=O)[O-])[nH]1. The van der Waals surface area contributed by atoms with E-state index >= 15 is 0 Å². The normalized spacial score (nSPS) is 22.4. The van der Waals surface area contributed by atoms with E-state index < -0.39 is 4.92 Å². The molecule has 1 aromatic heterocycles. The summed E-state index contributed by atoms with van der Waals surface area (Å²) in [7, 11) is 0. The van der Waals surface area contributed by atoms with Crippen molar-refractivity contribution in [1.82, 2.24) is 10.3 Å². The van der Waals surface area contributed by atoms with Gasteiger partial charge in [0, 0.05) is 18.5 Å². The summed E-state index contributed by atoms with van der Waals surface area (Å²) in [6, 6.07) is 2.70. The molecule has 1 heterocycles. The molecule has 0 saturated heterocycles. The van der Waals surface area contributed by atoms with Crippen LogP contribution in [0.5, 0.6) is 0 Å². The Hall–Kier alpha value is -1.56. The quantitative estimate of drug-likeness (QED) is 0.494. The Bertz CT molecular complexity index is 475. The first-order chi connectivity index (χ1) is 9.11. The van der Waals surface area contributed by atoms with Crippen molar-refractivity contribution in [1.29, 1.82) is 0 Å². The summed E-state index contributed by atoms with van der Waals surface area (Å²) in [6.45, 7) is 0.572. The number of aromatic nitrogens is 1. The first-order valence-corrected chi connectivity index (χ1v) is 6.83. The summed E-state index contributed by atoms with van der Waals surface area (Å²) in [5.41, 5.74) is 0.215. The van der Waals surface area contributed by atoms with E-state index in [4.69, 9.17) is 11.6 Å². The Labute approximate surface area is 115 Å². The second kappa shape index (κ2) is 6.06. The largest absolute Gasteiger partial charge is 0.358 e. The van der Waals surface area contributed by atoms with Gasteiger partial charge in [0.05, 0.1) is 0 Å². The number of alkyl halides is 1. The van der Waals surface area contributed by atoms with Crippen LogP contribution in [0.25, 0.3) is 0 Å². The Kier molecular flexibility index (Phi) is 4.42. The molecule has 0 radical (unpaired) electrons. The third kappa shape index (κ3) is 3.26. The van der Waals surface area contributed by atoms with Gasteiger partial charge >= 0.3 is 5.82 Å². The van der Waals surface area contributed by atoms with Crippen LogP contribution >= 0.6 is 11.6 Å². The first kappa shape index (κ1) is 13.9. The predicted molar refractivity (Wildman–Crippen MR) is 71.3 cm³/mol. The second-order valence-electron chi connectivity index (χ2n) is 4.83. The van der Waals surface area contributed by atoms with Gasteiger partial charge in [-0.15, -0.1) is 11.6 Å². The lowest BCUT2D eigenvalue weighted by Crippen LogP contribution is -2.31. The van der Waals surface area contributed by atoms with Crippen molar-refractivity contribution < 1.29 is 9.72 Å². The predicted octanol–water partition coefficient (Wildman–Crippen LogP) is 2.31. The van der Waals surface area contributed by atoms with Crippen molar-refractivity contribution >= 4 is 23.3 Å². The van der Waals surface area contributed by atoms with E-state index in [2.05, 4.69) is 10.3 Å². The molecule has 0 aliphatic heterocycles. The summed E-state index contributed by atoms with van der Waals surface area (Å²) < 4.78 is 0. The molecular weight excluding hydrogens is 270 g/mol. The van der Waals surface area contributed by atoms with Crippen molar-refractivity contribution in [2.24, 2.45) is 11.8 Å². The Morgan fingerprint density at radius 2 is 2.21 bits per heavy atom. The fourth-order valence-corrected chi connectivity index (χ4v) is 2.93. The van der Waals surface area contributed by atoms with Crippen LogP contribution in [0.2, 0.25) is 0 Å².